The van der Waals surface area contributed by atoms with Crippen LogP contribution < -0.4 is 5.32 Å². The van der Waals surface area contributed by atoms with Gasteiger partial charge in [-0.15, -0.1) is 0 Å². The largest absolute Gasteiger partial charge is 0.350 e. The van der Waals surface area contributed by atoms with Crippen LogP contribution in [0.3, 0.4) is 0 Å². The van der Waals surface area contributed by atoms with E-state index in [-0.39, 0.29) is 11.8 Å². The maximum Gasteiger partial charge on any atom is 0.221 e. The summed E-state index contributed by atoms with van der Waals surface area (Å²) in [5, 5.41) is 7.25. The fraction of sp³-hybridized carbons (Fsp3) is 0.227. The number of nitrogens with one attached hydrogen (secondary N) is 1. The Morgan fingerprint density at radius 1 is 1.18 bits per heavy atom. The number of pyridine rings is 1. The molecule has 1 N–H and O–H groups in total. The Bertz CT molecular complexity index is 1140. The lowest BCUT2D eigenvalue weighted by Gasteiger charge is -2.16. The molecule has 0 bridgehead atoms. The monoisotopic (exact) mass is 371 g/mol. The van der Waals surface area contributed by atoms with Gasteiger partial charge < -0.3 is 9.72 Å². The third-order valence-electron chi connectivity index (χ3n) is 5.35. The first kappa shape index (κ1) is 16.7. The Labute approximate surface area is 162 Å². The summed E-state index contributed by atoms with van der Waals surface area (Å²) in [5.74, 6) is 0.0402. The standard InChI is InChI=1S/C22H21N5O/c1-15-7-10-27-20(11-15)25-19-13-23-21(28)12-18(22(19)27)17-5-3-16(4-6-17)14-26-9-2-8-24-26/h2-11,18H,12-14H2,1H3,(H,23,28)/t18-/m0/s1. The molecule has 1 aromatic carbocycles. The number of carbonyl (C=O) groups is 1. The number of aryl methyl sites for hydroxylation is 1. The molecule has 4 aromatic rings. The van der Waals surface area contributed by atoms with Gasteiger partial charge in [0, 0.05) is 30.9 Å². The molecule has 0 spiro atoms. The van der Waals surface area contributed by atoms with E-state index in [2.05, 4.69) is 64.3 Å². The topological polar surface area (TPSA) is 64.2 Å². The Kier molecular flexibility index (Phi) is 3.97. The van der Waals surface area contributed by atoms with Gasteiger partial charge in [-0.05, 0) is 41.8 Å². The Balaban J connectivity index is 1.55. The minimum Gasteiger partial charge on any atom is -0.350 e. The van der Waals surface area contributed by atoms with Gasteiger partial charge in [0.05, 0.1) is 24.5 Å². The second-order valence-electron chi connectivity index (χ2n) is 7.35. The Morgan fingerprint density at radius 2 is 2.04 bits per heavy atom. The predicted molar refractivity (Wildman–Crippen MR) is 106 cm³/mol. The fourth-order valence-electron chi connectivity index (χ4n) is 3.96. The normalized spacial score (nSPS) is 16.6. The number of rotatable bonds is 3. The Hall–Kier alpha value is -3.41. The molecule has 0 unspecified atom stereocenters. The molecule has 6 heteroatoms. The molecule has 3 aromatic heterocycles. The number of fused-ring (bicyclic) bond motifs is 3. The molecule has 0 fully saturated rings. The molecular formula is C22H21N5O. The van der Waals surface area contributed by atoms with Gasteiger partial charge in [0.2, 0.25) is 5.91 Å². The van der Waals surface area contributed by atoms with Crippen molar-refractivity contribution in [3.05, 3.63) is 89.1 Å². The summed E-state index contributed by atoms with van der Waals surface area (Å²) >= 11 is 0. The van der Waals surface area contributed by atoms with E-state index in [1.165, 1.54) is 11.1 Å². The minimum absolute atomic E-state index is 0.0195. The van der Waals surface area contributed by atoms with Gasteiger partial charge in [0.25, 0.3) is 0 Å². The van der Waals surface area contributed by atoms with Crippen LogP contribution in [0, 0.1) is 6.92 Å². The maximum atomic E-state index is 12.3. The molecule has 1 amide bonds. The van der Waals surface area contributed by atoms with Crippen molar-refractivity contribution >= 4 is 11.6 Å². The second kappa shape index (κ2) is 6.64. The average Bonchev–Trinajstić information content (AvgIpc) is 3.29. The van der Waals surface area contributed by atoms with E-state index in [1.54, 1.807) is 6.20 Å². The summed E-state index contributed by atoms with van der Waals surface area (Å²) in [4.78, 5) is 17.1. The van der Waals surface area contributed by atoms with Crippen LogP contribution in [0.4, 0.5) is 0 Å². The second-order valence-corrected chi connectivity index (χ2v) is 7.35. The number of aromatic nitrogens is 4. The molecule has 6 nitrogen and oxygen atoms in total. The van der Waals surface area contributed by atoms with Crippen LogP contribution in [0.2, 0.25) is 0 Å². The van der Waals surface area contributed by atoms with Crippen molar-refractivity contribution in [3.8, 4) is 0 Å². The SMILES string of the molecule is Cc1ccn2c3c(nc2c1)CNC(=O)C[C@H]3c1ccc(Cn2cccn2)cc1. The van der Waals surface area contributed by atoms with Gasteiger partial charge in [0.1, 0.15) is 5.65 Å². The third-order valence-corrected chi connectivity index (χ3v) is 5.35. The summed E-state index contributed by atoms with van der Waals surface area (Å²) in [6, 6.07) is 14.6. The zero-order valence-corrected chi connectivity index (χ0v) is 15.7. The van der Waals surface area contributed by atoms with E-state index in [9.17, 15) is 4.79 Å². The molecule has 0 aliphatic carbocycles. The molecule has 1 aliphatic rings. The highest BCUT2D eigenvalue weighted by molar-refractivity contribution is 5.78. The van der Waals surface area contributed by atoms with Gasteiger partial charge in [-0.25, -0.2) is 4.98 Å². The molecule has 0 saturated heterocycles. The fourth-order valence-corrected chi connectivity index (χ4v) is 3.96. The molecule has 0 saturated carbocycles. The molecule has 5 rings (SSSR count). The van der Waals surface area contributed by atoms with Gasteiger partial charge in [-0.3, -0.25) is 9.48 Å². The average molecular weight is 371 g/mol. The quantitative estimate of drug-likeness (QED) is 0.602. The van der Waals surface area contributed by atoms with Gasteiger partial charge in [-0.2, -0.15) is 5.10 Å². The third kappa shape index (κ3) is 2.97. The van der Waals surface area contributed by atoms with Crippen LogP contribution >= 0.6 is 0 Å². The van der Waals surface area contributed by atoms with Crippen LogP contribution in [0.1, 0.15) is 40.4 Å². The highest BCUT2D eigenvalue weighted by Gasteiger charge is 2.28. The van der Waals surface area contributed by atoms with Crippen molar-refractivity contribution in [2.75, 3.05) is 0 Å². The zero-order chi connectivity index (χ0) is 19.1. The first-order valence-electron chi connectivity index (χ1n) is 9.48. The van der Waals surface area contributed by atoms with Crippen molar-refractivity contribution in [1.29, 1.82) is 0 Å². The van der Waals surface area contributed by atoms with Gasteiger partial charge in [0.15, 0.2) is 0 Å². The highest BCUT2D eigenvalue weighted by atomic mass is 16.1. The summed E-state index contributed by atoms with van der Waals surface area (Å²) in [6.45, 7) is 3.28. The first-order chi connectivity index (χ1) is 13.7. The van der Waals surface area contributed by atoms with Crippen LogP contribution in [-0.2, 0) is 17.9 Å². The Morgan fingerprint density at radius 3 is 2.82 bits per heavy atom. The summed E-state index contributed by atoms with van der Waals surface area (Å²) in [6.07, 6.45) is 6.22. The lowest BCUT2D eigenvalue weighted by Crippen LogP contribution is -2.21. The van der Waals surface area contributed by atoms with Crippen molar-refractivity contribution in [1.82, 2.24) is 24.5 Å². The van der Waals surface area contributed by atoms with E-state index in [4.69, 9.17) is 4.98 Å². The zero-order valence-electron chi connectivity index (χ0n) is 15.7. The van der Waals surface area contributed by atoms with Crippen molar-refractivity contribution in [2.45, 2.75) is 32.4 Å². The van der Waals surface area contributed by atoms with Gasteiger partial charge >= 0.3 is 0 Å². The number of carbonyl (C=O) groups excluding carboxylic acids is 1. The van der Waals surface area contributed by atoms with Crippen molar-refractivity contribution < 1.29 is 4.79 Å². The van der Waals surface area contributed by atoms with E-state index in [1.807, 2.05) is 16.9 Å². The minimum atomic E-state index is -0.0195. The van der Waals surface area contributed by atoms with Gasteiger partial charge in [-0.1, -0.05) is 24.3 Å². The predicted octanol–water partition coefficient (Wildman–Crippen LogP) is 3.04. The number of hydrogen-bond acceptors (Lipinski definition) is 3. The summed E-state index contributed by atoms with van der Waals surface area (Å²) in [5.41, 5.74) is 6.47. The van der Waals surface area contributed by atoms with Crippen molar-refractivity contribution in [3.63, 3.8) is 0 Å². The molecular weight excluding hydrogens is 350 g/mol. The molecule has 140 valence electrons. The van der Waals surface area contributed by atoms with E-state index >= 15 is 0 Å². The number of amides is 1. The number of benzene rings is 1. The van der Waals surface area contributed by atoms with Crippen LogP contribution in [0.25, 0.3) is 5.65 Å². The van der Waals surface area contributed by atoms with E-state index in [0.29, 0.717) is 13.0 Å². The van der Waals surface area contributed by atoms with E-state index < -0.39 is 0 Å². The van der Waals surface area contributed by atoms with Crippen molar-refractivity contribution in [2.24, 2.45) is 0 Å². The number of imidazole rings is 1. The molecule has 4 heterocycles. The molecule has 1 atom stereocenters. The van der Waals surface area contributed by atoms with Crippen LogP contribution in [-0.4, -0.2) is 25.1 Å². The summed E-state index contributed by atoms with van der Waals surface area (Å²) < 4.78 is 4.03. The van der Waals surface area contributed by atoms with Crippen LogP contribution in [0.5, 0.6) is 0 Å². The van der Waals surface area contributed by atoms with Crippen LogP contribution in [0.15, 0.2) is 61.1 Å². The number of nitrogens with zero attached hydrogens (tertiary/aromatic N) is 4. The molecule has 0 radical (unpaired) electrons. The van der Waals surface area contributed by atoms with E-state index in [0.717, 1.165) is 29.1 Å². The molecule has 1 aliphatic heterocycles. The smallest absolute Gasteiger partial charge is 0.221 e. The maximum absolute atomic E-state index is 12.3. The molecule has 28 heavy (non-hydrogen) atoms. The first-order valence-corrected chi connectivity index (χ1v) is 9.48. The lowest BCUT2D eigenvalue weighted by atomic mass is 9.91. The summed E-state index contributed by atoms with van der Waals surface area (Å²) in [7, 11) is 0. The lowest BCUT2D eigenvalue weighted by molar-refractivity contribution is -0.121. The number of hydrogen-bond donors (Lipinski definition) is 1. The highest BCUT2D eigenvalue weighted by Crippen LogP contribution is 2.33.